The number of benzene rings is 1. The van der Waals surface area contributed by atoms with E-state index in [0.29, 0.717) is 30.3 Å². The number of hydrogen-bond donors (Lipinski definition) is 1. The summed E-state index contributed by atoms with van der Waals surface area (Å²) in [6, 6.07) is 3.54. The van der Waals surface area contributed by atoms with Gasteiger partial charge in [-0.1, -0.05) is 0 Å². The fourth-order valence-electron chi connectivity index (χ4n) is 1.61. The molecule has 0 spiro atoms. The van der Waals surface area contributed by atoms with E-state index < -0.39 is 0 Å². The normalized spacial score (nSPS) is 10.1. The predicted molar refractivity (Wildman–Crippen MR) is 76.2 cm³/mol. The van der Waals surface area contributed by atoms with Crippen LogP contribution in [-0.4, -0.2) is 45.2 Å². The fourth-order valence-corrected chi connectivity index (χ4v) is 1.61. The molecule has 0 atom stereocenters. The molecule has 0 aromatic heterocycles. The third kappa shape index (κ3) is 3.77. The van der Waals surface area contributed by atoms with Crippen molar-refractivity contribution < 1.29 is 19.0 Å². The quantitative estimate of drug-likeness (QED) is 0.808. The van der Waals surface area contributed by atoms with E-state index in [1.54, 1.807) is 24.1 Å². The third-order valence-corrected chi connectivity index (χ3v) is 3.00. The van der Waals surface area contributed by atoms with E-state index in [1.165, 1.54) is 14.2 Å². The zero-order chi connectivity index (χ0) is 15.1. The zero-order valence-corrected chi connectivity index (χ0v) is 12.4. The summed E-state index contributed by atoms with van der Waals surface area (Å²) in [5.74, 6) is 1.29. The highest BCUT2D eigenvalue weighted by atomic mass is 16.5. The number of hydrogen-bond acceptors (Lipinski definition) is 5. The summed E-state index contributed by atoms with van der Waals surface area (Å²) < 4.78 is 16.1. The minimum absolute atomic E-state index is 0.0704. The molecule has 0 radical (unpaired) electrons. The largest absolute Gasteiger partial charge is 0.493 e. The molecule has 6 nitrogen and oxygen atoms in total. The Morgan fingerprint density at radius 3 is 2.20 bits per heavy atom. The molecular weight excluding hydrogens is 260 g/mol. The number of methoxy groups -OCH3 is 2. The number of rotatable bonds is 7. The molecule has 0 aliphatic heterocycles. The van der Waals surface area contributed by atoms with Crippen molar-refractivity contribution in [1.82, 2.24) is 4.90 Å². The van der Waals surface area contributed by atoms with Crippen molar-refractivity contribution in [1.29, 1.82) is 0 Å². The summed E-state index contributed by atoms with van der Waals surface area (Å²) in [5.41, 5.74) is 6.48. The lowest BCUT2D eigenvalue weighted by molar-refractivity contribution is -0.131. The van der Waals surface area contributed by atoms with Gasteiger partial charge in [0.1, 0.15) is 0 Å². The number of nitrogens with zero attached hydrogens (tertiary/aromatic N) is 1. The molecule has 0 bridgehead atoms. The molecule has 1 amide bonds. The van der Waals surface area contributed by atoms with Crippen LogP contribution in [0, 0.1) is 0 Å². The first-order valence-electron chi connectivity index (χ1n) is 6.39. The lowest BCUT2D eigenvalue weighted by atomic mass is 10.2. The lowest BCUT2D eigenvalue weighted by Gasteiger charge is -2.18. The summed E-state index contributed by atoms with van der Waals surface area (Å²) in [7, 11) is 4.78. The van der Waals surface area contributed by atoms with E-state index in [-0.39, 0.29) is 12.5 Å². The Labute approximate surface area is 119 Å². The molecule has 6 heteroatoms. The highest BCUT2D eigenvalue weighted by Gasteiger charge is 2.16. The summed E-state index contributed by atoms with van der Waals surface area (Å²) in [5, 5.41) is 0. The highest BCUT2D eigenvalue weighted by Crippen LogP contribution is 2.38. The highest BCUT2D eigenvalue weighted by molar-refractivity contribution is 5.77. The summed E-state index contributed by atoms with van der Waals surface area (Å²) in [6.07, 6.45) is 0. The van der Waals surface area contributed by atoms with Crippen LogP contribution in [-0.2, 0) is 11.3 Å². The van der Waals surface area contributed by atoms with Crippen LogP contribution in [0.4, 0.5) is 0 Å². The number of likely N-dealkylation sites (N-methyl/N-ethyl adjacent to an activating group) is 1. The van der Waals surface area contributed by atoms with Gasteiger partial charge in [-0.05, 0) is 24.6 Å². The van der Waals surface area contributed by atoms with Gasteiger partial charge in [-0.2, -0.15) is 0 Å². The number of carbonyl (C=O) groups is 1. The van der Waals surface area contributed by atoms with Crippen LogP contribution < -0.4 is 19.9 Å². The SMILES string of the molecule is CCN(C)C(=O)COc1c(OC)cc(CN)cc1OC. The van der Waals surface area contributed by atoms with Gasteiger partial charge in [-0.15, -0.1) is 0 Å². The van der Waals surface area contributed by atoms with Crippen LogP contribution in [0.5, 0.6) is 17.2 Å². The number of nitrogens with two attached hydrogens (primary N) is 1. The third-order valence-electron chi connectivity index (χ3n) is 3.00. The first kappa shape index (κ1) is 16.1. The molecule has 1 aromatic carbocycles. The van der Waals surface area contributed by atoms with Gasteiger partial charge in [-0.3, -0.25) is 4.79 Å². The molecule has 20 heavy (non-hydrogen) atoms. The predicted octanol–water partition coefficient (Wildman–Crippen LogP) is 1.02. The van der Waals surface area contributed by atoms with Gasteiger partial charge in [0.25, 0.3) is 5.91 Å². The maximum absolute atomic E-state index is 11.8. The molecule has 0 unspecified atom stereocenters. The van der Waals surface area contributed by atoms with Crippen LogP contribution in [0.2, 0.25) is 0 Å². The molecule has 2 N–H and O–H groups in total. The zero-order valence-electron chi connectivity index (χ0n) is 12.4. The minimum Gasteiger partial charge on any atom is -0.493 e. The maximum atomic E-state index is 11.8. The Bertz CT molecular complexity index is 437. The Morgan fingerprint density at radius 2 is 1.80 bits per heavy atom. The van der Waals surface area contributed by atoms with Crippen molar-refractivity contribution in [2.24, 2.45) is 5.73 Å². The smallest absolute Gasteiger partial charge is 0.260 e. The first-order valence-corrected chi connectivity index (χ1v) is 6.39. The Hall–Kier alpha value is -1.95. The van der Waals surface area contributed by atoms with E-state index in [0.717, 1.165) is 5.56 Å². The van der Waals surface area contributed by atoms with Crippen LogP contribution in [0.3, 0.4) is 0 Å². The maximum Gasteiger partial charge on any atom is 0.260 e. The van der Waals surface area contributed by atoms with E-state index in [1.807, 2.05) is 6.92 Å². The minimum atomic E-state index is -0.112. The van der Waals surface area contributed by atoms with Crippen molar-refractivity contribution in [2.75, 3.05) is 34.4 Å². The van der Waals surface area contributed by atoms with Crippen LogP contribution in [0.25, 0.3) is 0 Å². The average molecular weight is 282 g/mol. The Morgan fingerprint density at radius 1 is 1.25 bits per heavy atom. The van der Waals surface area contributed by atoms with Crippen molar-refractivity contribution in [2.45, 2.75) is 13.5 Å². The summed E-state index contributed by atoms with van der Waals surface area (Å²) in [4.78, 5) is 13.3. The monoisotopic (exact) mass is 282 g/mol. The molecule has 0 fully saturated rings. The number of amides is 1. The van der Waals surface area contributed by atoms with Gasteiger partial charge in [0.15, 0.2) is 18.1 Å². The molecule has 0 aliphatic carbocycles. The first-order chi connectivity index (χ1) is 9.57. The standard InChI is InChI=1S/C14H22N2O4/c1-5-16(2)13(17)9-20-14-11(18-3)6-10(8-15)7-12(14)19-4/h6-7H,5,8-9,15H2,1-4H3. The molecule has 0 saturated heterocycles. The van der Waals surface area contributed by atoms with Gasteiger partial charge in [0, 0.05) is 20.1 Å². The van der Waals surface area contributed by atoms with Crippen LogP contribution >= 0.6 is 0 Å². The Kier molecular flexibility index (Phi) is 6.11. The van der Waals surface area contributed by atoms with Crippen LogP contribution in [0.15, 0.2) is 12.1 Å². The molecule has 0 aliphatic rings. The van der Waals surface area contributed by atoms with E-state index in [9.17, 15) is 4.79 Å². The lowest BCUT2D eigenvalue weighted by Crippen LogP contribution is -2.31. The molecule has 1 aromatic rings. The number of carbonyl (C=O) groups excluding carboxylic acids is 1. The number of ether oxygens (including phenoxy) is 3. The van der Waals surface area contributed by atoms with Gasteiger partial charge >= 0.3 is 0 Å². The second-order valence-electron chi connectivity index (χ2n) is 4.23. The van der Waals surface area contributed by atoms with Gasteiger partial charge < -0.3 is 24.8 Å². The van der Waals surface area contributed by atoms with Gasteiger partial charge in [0.2, 0.25) is 5.75 Å². The fraction of sp³-hybridized carbons (Fsp3) is 0.500. The second-order valence-corrected chi connectivity index (χ2v) is 4.23. The molecule has 112 valence electrons. The van der Waals surface area contributed by atoms with E-state index >= 15 is 0 Å². The summed E-state index contributed by atoms with van der Waals surface area (Å²) >= 11 is 0. The average Bonchev–Trinajstić information content (AvgIpc) is 2.50. The van der Waals surface area contributed by atoms with E-state index in [4.69, 9.17) is 19.9 Å². The molecule has 0 heterocycles. The van der Waals surface area contributed by atoms with Crippen molar-refractivity contribution in [3.05, 3.63) is 17.7 Å². The topological polar surface area (TPSA) is 74.0 Å². The van der Waals surface area contributed by atoms with Crippen LogP contribution in [0.1, 0.15) is 12.5 Å². The van der Waals surface area contributed by atoms with Gasteiger partial charge in [-0.25, -0.2) is 0 Å². The van der Waals surface area contributed by atoms with Gasteiger partial charge in [0.05, 0.1) is 14.2 Å². The summed E-state index contributed by atoms with van der Waals surface area (Å²) in [6.45, 7) is 2.82. The van der Waals surface area contributed by atoms with Crippen molar-refractivity contribution in [3.8, 4) is 17.2 Å². The van der Waals surface area contributed by atoms with Crippen molar-refractivity contribution in [3.63, 3.8) is 0 Å². The van der Waals surface area contributed by atoms with E-state index in [2.05, 4.69) is 0 Å². The molecule has 1 rings (SSSR count). The Balaban J connectivity index is 2.95. The van der Waals surface area contributed by atoms with Crippen molar-refractivity contribution >= 4 is 5.91 Å². The molecular formula is C14H22N2O4. The second kappa shape index (κ2) is 7.59. The molecule has 0 saturated carbocycles.